The monoisotopic (exact) mass is 254 g/mol. The quantitative estimate of drug-likeness (QED) is 0.665. The fourth-order valence-electron chi connectivity index (χ4n) is 3.01. The zero-order valence-corrected chi connectivity index (χ0v) is 13.0. The van der Waals surface area contributed by atoms with Gasteiger partial charge in [0.25, 0.3) is 0 Å². The van der Waals surface area contributed by atoms with E-state index in [4.69, 9.17) is 0 Å². The van der Waals surface area contributed by atoms with Crippen LogP contribution in [0.5, 0.6) is 0 Å². The predicted octanol–water partition coefficient (Wildman–Crippen LogP) is 3.67. The molecule has 108 valence electrons. The van der Waals surface area contributed by atoms with E-state index in [0.29, 0.717) is 6.04 Å². The first kappa shape index (κ1) is 16.0. The standard InChI is InChI=1S/C16H34N2/c1-5-7-8-9-10-11-18-13-15(4)17-12-16(18)14(3)6-2/h14-17H,5-13H2,1-4H3. The summed E-state index contributed by atoms with van der Waals surface area (Å²) in [6.07, 6.45) is 8.28. The Balaban J connectivity index is 2.32. The Kier molecular flexibility index (Phi) is 7.92. The van der Waals surface area contributed by atoms with Gasteiger partial charge in [0.1, 0.15) is 0 Å². The first-order valence-corrected chi connectivity index (χ1v) is 8.16. The maximum absolute atomic E-state index is 3.65. The summed E-state index contributed by atoms with van der Waals surface area (Å²) in [5.74, 6) is 0.820. The first-order chi connectivity index (χ1) is 8.69. The van der Waals surface area contributed by atoms with Crippen molar-refractivity contribution in [2.24, 2.45) is 5.92 Å². The third-order valence-electron chi connectivity index (χ3n) is 4.50. The van der Waals surface area contributed by atoms with Gasteiger partial charge in [-0.25, -0.2) is 0 Å². The molecule has 0 amide bonds. The highest BCUT2D eigenvalue weighted by molar-refractivity contribution is 4.86. The number of piperazine rings is 1. The van der Waals surface area contributed by atoms with Gasteiger partial charge in [0, 0.05) is 25.2 Å². The van der Waals surface area contributed by atoms with Gasteiger partial charge in [-0.15, -0.1) is 0 Å². The van der Waals surface area contributed by atoms with E-state index >= 15 is 0 Å². The zero-order valence-electron chi connectivity index (χ0n) is 13.0. The summed E-state index contributed by atoms with van der Waals surface area (Å²) >= 11 is 0. The molecule has 1 heterocycles. The first-order valence-electron chi connectivity index (χ1n) is 8.16. The van der Waals surface area contributed by atoms with E-state index in [0.717, 1.165) is 12.0 Å². The molecule has 0 spiro atoms. The number of unbranched alkanes of at least 4 members (excludes halogenated alkanes) is 4. The van der Waals surface area contributed by atoms with Crippen molar-refractivity contribution in [3.8, 4) is 0 Å². The molecule has 1 fully saturated rings. The van der Waals surface area contributed by atoms with Crippen molar-refractivity contribution >= 4 is 0 Å². The van der Waals surface area contributed by atoms with Crippen molar-refractivity contribution < 1.29 is 0 Å². The van der Waals surface area contributed by atoms with Gasteiger partial charge in [0.2, 0.25) is 0 Å². The molecule has 1 saturated heterocycles. The molecule has 18 heavy (non-hydrogen) atoms. The minimum absolute atomic E-state index is 0.668. The topological polar surface area (TPSA) is 15.3 Å². The van der Waals surface area contributed by atoms with E-state index < -0.39 is 0 Å². The smallest absolute Gasteiger partial charge is 0.0246 e. The molecule has 0 aromatic rings. The summed E-state index contributed by atoms with van der Waals surface area (Å²) in [7, 11) is 0. The van der Waals surface area contributed by atoms with Crippen LogP contribution in [-0.2, 0) is 0 Å². The van der Waals surface area contributed by atoms with Crippen molar-refractivity contribution in [1.29, 1.82) is 0 Å². The second-order valence-electron chi connectivity index (χ2n) is 6.17. The number of hydrogen-bond acceptors (Lipinski definition) is 2. The summed E-state index contributed by atoms with van der Waals surface area (Å²) < 4.78 is 0. The van der Waals surface area contributed by atoms with Crippen molar-refractivity contribution in [1.82, 2.24) is 10.2 Å². The maximum Gasteiger partial charge on any atom is 0.0246 e. The lowest BCUT2D eigenvalue weighted by Gasteiger charge is -2.42. The van der Waals surface area contributed by atoms with Crippen LogP contribution in [0.4, 0.5) is 0 Å². The molecule has 0 aliphatic carbocycles. The molecular formula is C16H34N2. The lowest BCUT2D eigenvalue weighted by atomic mass is 9.94. The molecule has 2 heteroatoms. The summed E-state index contributed by atoms with van der Waals surface area (Å²) in [6, 6.07) is 1.43. The highest BCUT2D eigenvalue weighted by atomic mass is 15.2. The van der Waals surface area contributed by atoms with Crippen LogP contribution in [0.2, 0.25) is 0 Å². The Morgan fingerprint density at radius 3 is 2.56 bits per heavy atom. The molecule has 1 aliphatic heterocycles. The van der Waals surface area contributed by atoms with Crippen LogP contribution in [0.1, 0.15) is 66.2 Å². The van der Waals surface area contributed by atoms with Crippen LogP contribution in [0.3, 0.4) is 0 Å². The number of nitrogens with one attached hydrogen (secondary N) is 1. The van der Waals surface area contributed by atoms with Gasteiger partial charge >= 0.3 is 0 Å². The molecule has 0 bridgehead atoms. The van der Waals surface area contributed by atoms with Crippen LogP contribution < -0.4 is 5.32 Å². The molecule has 0 aromatic heterocycles. The summed E-state index contributed by atoms with van der Waals surface area (Å²) in [4.78, 5) is 2.75. The largest absolute Gasteiger partial charge is 0.311 e. The van der Waals surface area contributed by atoms with Crippen LogP contribution in [0.15, 0.2) is 0 Å². The normalized spacial score (nSPS) is 27.3. The Morgan fingerprint density at radius 2 is 1.89 bits per heavy atom. The SMILES string of the molecule is CCCCCCCN1CC(C)NCC1C(C)CC. The Labute approximate surface area is 115 Å². The van der Waals surface area contributed by atoms with Gasteiger partial charge in [-0.2, -0.15) is 0 Å². The predicted molar refractivity (Wildman–Crippen MR) is 81.0 cm³/mol. The Hall–Kier alpha value is -0.0800. The van der Waals surface area contributed by atoms with Crippen molar-refractivity contribution in [3.05, 3.63) is 0 Å². The van der Waals surface area contributed by atoms with Gasteiger partial charge in [-0.1, -0.05) is 52.9 Å². The number of rotatable bonds is 8. The molecule has 1 rings (SSSR count). The highest BCUT2D eigenvalue weighted by Gasteiger charge is 2.28. The summed E-state index contributed by atoms with van der Waals surface area (Å²) in [5.41, 5.74) is 0. The second-order valence-corrected chi connectivity index (χ2v) is 6.17. The van der Waals surface area contributed by atoms with Crippen molar-refractivity contribution in [2.45, 2.75) is 78.3 Å². The second kappa shape index (κ2) is 8.92. The third-order valence-corrected chi connectivity index (χ3v) is 4.50. The van der Waals surface area contributed by atoms with Gasteiger partial charge in [-0.05, 0) is 25.8 Å². The van der Waals surface area contributed by atoms with E-state index in [9.17, 15) is 0 Å². The molecule has 3 unspecified atom stereocenters. The average molecular weight is 254 g/mol. The van der Waals surface area contributed by atoms with E-state index in [2.05, 4.69) is 37.9 Å². The summed E-state index contributed by atoms with van der Waals surface area (Å²) in [5, 5.41) is 3.65. The molecule has 0 aromatic carbocycles. The van der Waals surface area contributed by atoms with Crippen LogP contribution in [0.25, 0.3) is 0 Å². The minimum Gasteiger partial charge on any atom is -0.311 e. The molecule has 1 N–H and O–H groups in total. The zero-order chi connectivity index (χ0) is 13.4. The number of hydrogen-bond donors (Lipinski definition) is 1. The fourth-order valence-corrected chi connectivity index (χ4v) is 3.01. The fraction of sp³-hybridized carbons (Fsp3) is 1.00. The van der Waals surface area contributed by atoms with E-state index in [1.165, 1.54) is 58.2 Å². The third kappa shape index (κ3) is 5.27. The van der Waals surface area contributed by atoms with Crippen LogP contribution >= 0.6 is 0 Å². The van der Waals surface area contributed by atoms with Crippen LogP contribution in [-0.4, -0.2) is 36.6 Å². The van der Waals surface area contributed by atoms with Gasteiger partial charge in [0.05, 0.1) is 0 Å². The van der Waals surface area contributed by atoms with Gasteiger partial charge in [0.15, 0.2) is 0 Å². The van der Waals surface area contributed by atoms with Gasteiger partial charge in [-0.3, -0.25) is 4.90 Å². The maximum atomic E-state index is 3.65. The van der Waals surface area contributed by atoms with E-state index in [1.807, 2.05) is 0 Å². The molecule has 2 nitrogen and oxygen atoms in total. The Bertz CT molecular complexity index is 205. The minimum atomic E-state index is 0.668. The van der Waals surface area contributed by atoms with Crippen molar-refractivity contribution in [3.63, 3.8) is 0 Å². The highest BCUT2D eigenvalue weighted by Crippen LogP contribution is 2.19. The van der Waals surface area contributed by atoms with Crippen molar-refractivity contribution in [2.75, 3.05) is 19.6 Å². The van der Waals surface area contributed by atoms with Crippen LogP contribution in [0, 0.1) is 5.92 Å². The lowest BCUT2D eigenvalue weighted by Crippen LogP contribution is -2.57. The van der Waals surface area contributed by atoms with E-state index in [-0.39, 0.29) is 0 Å². The molecule has 0 radical (unpaired) electrons. The molecule has 3 atom stereocenters. The summed E-state index contributed by atoms with van der Waals surface area (Å²) in [6.45, 7) is 13.1. The Morgan fingerprint density at radius 1 is 1.17 bits per heavy atom. The number of nitrogens with zero attached hydrogens (tertiary/aromatic N) is 1. The van der Waals surface area contributed by atoms with Gasteiger partial charge < -0.3 is 5.32 Å². The molecular weight excluding hydrogens is 220 g/mol. The molecule has 0 saturated carbocycles. The van der Waals surface area contributed by atoms with E-state index in [1.54, 1.807) is 0 Å². The average Bonchev–Trinajstić information content (AvgIpc) is 2.38. The molecule has 1 aliphatic rings. The lowest BCUT2D eigenvalue weighted by molar-refractivity contribution is 0.0937.